The molecule has 10 nitrogen and oxygen atoms in total. The van der Waals surface area contributed by atoms with Crippen LogP contribution in [0.5, 0.6) is 5.75 Å². The highest BCUT2D eigenvalue weighted by Crippen LogP contribution is 2.33. The van der Waals surface area contributed by atoms with E-state index < -0.39 is 20.7 Å². The normalized spacial score (nSPS) is 20.0. The Kier molecular flexibility index (Phi) is 7.50. The van der Waals surface area contributed by atoms with Crippen molar-refractivity contribution in [2.45, 2.75) is 37.4 Å². The SMILES string of the molecule is CCCCOc1ccc(N2CCN(S(=O)(=O)C3(C(=O)NO)CCOCC3)CC2)nc1. The smallest absolute Gasteiger partial charge is 0.266 e. The molecule has 1 aromatic heterocycles. The van der Waals surface area contributed by atoms with Crippen molar-refractivity contribution < 1.29 is 27.9 Å². The lowest BCUT2D eigenvalue weighted by Gasteiger charge is -2.41. The minimum Gasteiger partial charge on any atom is -0.492 e. The molecular weight excluding hydrogens is 412 g/mol. The number of sulfonamides is 1. The fourth-order valence-corrected chi connectivity index (χ4v) is 5.89. The van der Waals surface area contributed by atoms with Crippen molar-refractivity contribution in [3.05, 3.63) is 18.3 Å². The number of anilines is 1. The molecule has 0 atom stereocenters. The predicted octanol–water partition coefficient (Wildman–Crippen LogP) is 0.767. The van der Waals surface area contributed by atoms with Gasteiger partial charge in [0.1, 0.15) is 11.6 Å². The van der Waals surface area contributed by atoms with Crippen molar-refractivity contribution in [3.8, 4) is 5.75 Å². The molecule has 2 aliphatic rings. The lowest BCUT2D eigenvalue weighted by molar-refractivity contribution is -0.134. The molecule has 0 aromatic carbocycles. The van der Waals surface area contributed by atoms with Crippen LogP contribution in [-0.4, -0.2) is 79.6 Å². The average Bonchev–Trinajstić information content (AvgIpc) is 2.79. The Morgan fingerprint density at radius 2 is 1.97 bits per heavy atom. The van der Waals surface area contributed by atoms with E-state index in [2.05, 4.69) is 11.9 Å². The van der Waals surface area contributed by atoms with Gasteiger partial charge in [-0.2, -0.15) is 4.31 Å². The monoisotopic (exact) mass is 442 g/mol. The maximum Gasteiger partial charge on any atom is 0.266 e. The number of ether oxygens (including phenoxy) is 2. The number of piperazine rings is 1. The van der Waals surface area contributed by atoms with Gasteiger partial charge in [-0.3, -0.25) is 10.0 Å². The second-order valence-electron chi connectivity index (χ2n) is 7.49. The summed E-state index contributed by atoms with van der Waals surface area (Å²) >= 11 is 0. The Bertz CT molecular complexity index is 803. The maximum atomic E-state index is 13.3. The largest absolute Gasteiger partial charge is 0.492 e. The Labute approximate surface area is 177 Å². The molecule has 0 bridgehead atoms. The van der Waals surface area contributed by atoms with Crippen LogP contribution in [0, 0.1) is 0 Å². The van der Waals surface area contributed by atoms with Gasteiger partial charge in [0, 0.05) is 52.2 Å². The molecule has 30 heavy (non-hydrogen) atoms. The molecule has 168 valence electrons. The zero-order valence-electron chi connectivity index (χ0n) is 17.2. The molecule has 1 amide bonds. The fraction of sp³-hybridized carbons (Fsp3) is 0.684. The molecule has 2 fully saturated rings. The topological polar surface area (TPSA) is 121 Å². The summed E-state index contributed by atoms with van der Waals surface area (Å²) in [5, 5.41) is 9.15. The standard InChI is InChI=1S/C19H30N4O6S/c1-2-3-12-29-16-4-5-17(20-15-16)22-8-10-23(11-9-22)30(26,27)19(18(24)21-25)6-13-28-14-7-19/h4-5,15,25H,2-3,6-14H2,1H3,(H,21,24). The molecule has 11 heteroatoms. The summed E-state index contributed by atoms with van der Waals surface area (Å²) in [6.45, 7) is 4.45. The minimum absolute atomic E-state index is 0.0169. The van der Waals surface area contributed by atoms with E-state index in [1.54, 1.807) is 11.7 Å². The van der Waals surface area contributed by atoms with Crippen molar-refractivity contribution >= 4 is 21.7 Å². The van der Waals surface area contributed by atoms with Crippen molar-refractivity contribution in [1.82, 2.24) is 14.8 Å². The molecule has 0 unspecified atom stereocenters. The molecule has 0 saturated carbocycles. The Morgan fingerprint density at radius 3 is 2.53 bits per heavy atom. The molecule has 3 heterocycles. The number of hydroxylamine groups is 1. The van der Waals surface area contributed by atoms with E-state index in [0.717, 1.165) is 18.7 Å². The molecule has 0 radical (unpaired) electrons. The van der Waals surface area contributed by atoms with Crippen molar-refractivity contribution in [2.24, 2.45) is 0 Å². The van der Waals surface area contributed by atoms with Crippen LogP contribution in [0.15, 0.2) is 18.3 Å². The second-order valence-corrected chi connectivity index (χ2v) is 9.74. The summed E-state index contributed by atoms with van der Waals surface area (Å²) in [5.41, 5.74) is 1.55. The Morgan fingerprint density at radius 1 is 1.27 bits per heavy atom. The summed E-state index contributed by atoms with van der Waals surface area (Å²) in [5.74, 6) is 0.571. The van der Waals surface area contributed by atoms with Gasteiger partial charge < -0.3 is 14.4 Å². The van der Waals surface area contributed by atoms with Gasteiger partial charge in [0.15, 0.2) is 4.75 Å². The highest BCUT2D eigenvalue weighted by molar-refractivity contribution is 7.91. The number of unbranched alkanes of at least 4 members (excludes halogenated alkanes) is 1. The summed E-state index contributed by atoms with van der Waals surface area (Å²) in [6, 6.07) is 3.73. The predicted molar refractivity (Wildman–Crippen MR) is 110 cm³/mol. The number of rotatable bonds is 8. The highest BCUT2D eigenvalue weighted by atomic mass is 32.2. The van der Waals surface area contributed by atoms with Crippen LogP contribution in [0.3, 0.4) is 0 Å². The van der Waals surface area contributed by atoms with Gasteiger partial charge in [0.2, 0.25) is 10.0 Å². The van der Waals surface area contributed by atoms with Gasteiger partial charge >= 0.3 is 0 Å². The average molecular weight is 443 g/mol. The Balaban J connectivity index is 1.64. The first kappa shape index (κ1) is 22.7. The van der Waals surface area contributed by atoms with Gasteiger partial charge in [-0.05, 0) is 18.6 Å². The summed E-state index contributed by atoms with van der Waals surface area (Å²) in [4.78, 5) is 18.8. The van der Waals surface area contributed by atoms with E-state index in [9.17, 15) is 13.2 Å². The number of amides is 1. The summed E-state index contributed by atoms with van der Waals surface area (Å²) < 4.78 is 37.2. The number of carbonyl (C=O) groups is 1. The Hall–Kier alpha value is -1.95. The molecule has 1 aromatic rings. The molecule has 0 aliphatic carbocycles. The third kappa shape index (κ3) is 4.53. The fourth-order valence-electron chi connectivity index (χ4n) is 3.79. The second kappa shape index (κ2) is 9.90. The van der Waals surface area contributed by atoms with Crippen LogP contribution in [0.4, 0.5) is 5.82 Å². The van der Waals surface area contributed by atoms with Gasteiger partial charge in [0.25, 0.3) is 5.91 Å². The minimum atomic E-state index is -3.97. The lowest BCUT2D eigenvalue weighted by Crippen LogP contribution is -2.62. The number of pyridine rings is 1. The van der Waals surface area contributed by atoms with E-state index in [-0.39, 0.29) is 39.1 Å². The number of aromatic nitrogens is 1. The first-order chi connectivity index (χ1) is 14.4. The van der Waals surface area contributed by atoms with Gasteiger partial charge in [0.05, 0.1) is 12.8 Å². The molecule has 2 aliphatic heterocycles. The van der Waals surface area contributed by atoms with Crippen LogP contribution in [0.25, 0.3) is 0 Å². The first-order valence-electron chi connectivity index (χ1n) is 10.3. The third-order valence-electron chi connectivity index (χ3n) is 5.70. The van der Waals surface area contributed by atoms with Crippen LogP contribution in [0.2, 0.25) is 0 Å². The van der Waals surface area contributed by atoms with Crippen molar-refractivity contribution in [3.63, 3.8) is 0 Å². The molecule has 2 N–H and O–H groups in total. The lowest BCUT2D eigenvalue weighted by atomic mass is 9.98. The summed E-state index contributed by atoms with van der Waals surface area (Å²) in [6.07, 6.45) is 3.76. The van der Waals surface area contributed by atoms with Crippen LogP contribution >= 0.6 is 0 Å². The zero-order valence-corrected chi connectivity index (χ0v) is 18.1. The molecule has 0 spiro atoms. The van der Waals surface area contributed by atoms with E-state index in [4.69, 9.17) is 14.7 Å². The van der Waals surface area contributed by atoms with Gasteiger partial charge in [-0.1, -0.05) is 13.3 Å². The van der Waals surface area contributed by atoms with E-state index in [1.165, 1.54) is 4.31 Å². The first-order valence-corrected chi connectivity index (χ1v) is 11.7. The van der Waals surface area contributed by atoms with Crippen LogP contribution < -0.4 is 15.1 Å². The quantitative estimate of drug-likeness (QED) is 0.344. The van der Waals surface area contributed by atoms with Gasteiger partial charge in [-0.25, -0.2) is 18.9 Å². The zero-order chi connectivity index (χ0) is 21.6. The molecule has 2 saturated heterocycles. The maximum absolute atomic E-state index is 13.3. The van der Waals surface area contributed by atoms with Crippen molar-refractivity contribution in [2.75, 3.05) is 50.9 Å². The van der Waals surface area contributed by atoms with Crippen LogP contribution in [0.1, 0.15) is 32.6 Å². The van der Waals surface area contributed by atoms with E-state index >= 15 is 0 Å². The van der Waals surface area contributed by atoms with Crippen molar-refractivity contribution in [1.29, 1.82) is 0 Å². The molecular formula is C19H30N4O6S. The summed E-state index contributed by atoms with van der Waals surface area (Å²) in [7, 11) is -3.97. The van der Waals surface area contributed by atoms with Gasteiger partial charge in [-0.15, -0.1) is 0 Å². The number of hydrogen-bond acceptors (Lipinski definition) is 8. The van der Waals surface area contributed by atoms with E-state index in [0.29, 0.717) is 25.4 Å². The number of nitrogens with zero attached hydrogens (tertiary/aromatic N) is 3. The van der Waals surface area contributed by atoms with E-state index in [1.807, 2.05) is 17.0 Å². The number of carbonyl (C=O) groups excluding carboxylic acids is 1. The van der Waals surface area contributed by atoms with Crippen LogP contribution in [-0.2, 0) is 19.6 Å². The number of hydrogen-bond donors (Lipinski definition) is 2. The molecule has 3 rings (SSSR count). The third-order valence-corrected chi connectivity index (χ3v) is 8.33. The highest BCUT2D eigenvalue weighted by Gasteiger charge is 2.54. The number of nitrogens with one attached hydrogen (secondary N) is 1.